The van der Waals surface area contributed by atoms with Gasteiger partial charge in [-0.3, -0.25) is 14.0 Å². The van der Waals surface area contributed by atoms with Gasteiger partial charge in [0.2, 0.25) is 0 Å². The molecule has 0 radical (unpaired) electrons. The van der Waals surface area contributed by atoms with Gasteiger partial charge in [-0.2, -0.15) is 0 Å². The predicted molar refractivity (Wildman–Crippen MR) is 58.4 cm³/mol. The number of amides is 1. The third kappa shape index (κ3) is 1.81. The summed E-state index contributed by atoms with van der Waals surface area (Å²) in [4.78, 5) is 24.3. The third-order valence-corrected chi connectivity index (χ3v) is 2.68. The smallest absolute Gasteiger partial charge is 0.299 e. The highest BCUT2D eigenvalue weighted by Gasteiger charge is 2.37. The Balaban J connectivity index is 2.48. The second kappa shape index (κ2) is 4.24. The topological polar surface area (TPSA) is 37.4 Å². The molecule has 5 heteroatoms. The van der Waals surface area contributed by atoms with Crippen molar-refractivity contribution in [3.05, 3.63) is 29.1 Å². The van der Waals surface area contributed by atoms with E-state index in [9.17, 15) is 18.4 Å². The lowest BCUT2D eigenvalue weighted by Gasteiger charge is -2.16. The van der Waals surface area contributed by atoms with E-state index in [2.05, 4.69) is 0 Å². The molecular formula is C12H11F2NO2. The van der Waals surface area contributed by atoms with Crippen LogP contribution in [0.15, 0.2) is 12.1 Å². The molecule has 0 saturated carbocycles. The minimum Gasteiger partial charge on any atom is -0.302 e. The zero-order chi connectivity index (χ0) is 12.6. The van der Waals surface area contributed by atoms with Crippen LogP contribution < -0.4 is 4.90 Å². The van der Waals surface area contributed by atoms with E-state index in [4.69, 9.17) is 0 Å². The molecule has 1 aromatic rings. The monoisotopic (exact) mass is 239 g/mol. The highest BCUT2D eigenvalue weighted by Crippen LogP contribution is 2.32. The van der Waals surface area contributed by atoms with Crippen molar-refractivity contribution in [3.63, 3.8) is 0 Å². The molecule has 90 valence electrons. The van der Waals surface area contributed by atoms with Gasteiger partial charge in [-0.15, -0.1) is 0 Å². The molecule has 1 heterocycles. The van der Waals surface area contributed by atoms with Crippen LogP contribution in [-0.2, 0) is 4.79 Å². The molecule has 2 rings (SSSR count). The summed E-state index contributed by atoms with van der Waals surface area (Å²) in [6, 6.07) is 2.74. The first-order chi connectivity index (χ1) is 8.06. The van der Waals surface area contributed by atoms with Crippen molar-refractivity contribution < 1.29 is 18.4 Å². The SMILES string of the molecule is Cc1cc(F)c2c(c1)C(=O)C(=O)N2CCCF. The second-order valence-corrected chi connectivity index (χ2v) is 3.97. The number of ketones is 1. The fraction of sp³-hybridized carbons (Fsp3) is 0.333. The molecule has 3 nitrogen and oxygen atoms in total. The number of hydrogen-bond acceptors (Lipinski definition) is 2. The maximum atomic E-state index is 13.7. The molecule has 0 spiro atoms. The maximum absolute atomic E-state index is 13.7. The number of aryl methyl sites for hydroxylation is 1. The zero-order valence-corrected chi connectivity index (χ0v) is 9.30. The average molecular weight is 239 g/mol. The number of anilines is 1. The van der Waals surface area contributed by atoms with E-state index in [1.807, 2.05) is 0 Å². The zero-order valence-electron chi connectivity index (χ0n) is 9.30. The van der Waals surface area contributed by atoms with Gasteiger partial charge in [-0.25, -0.2) is 4.39 Å². The Hall–Kier alpha value is -1.78. The van der Waals surface area contributed by atoms with Gasteiger partial charge in [0.1, 0.15) is 5.82 Å². The molecule has 0 aliphatic carbocycles. The quantitative estimate of drug-likeness (QED) is 0.757. The molecule has 17 heavy (non-hydrogen) atoms. The van der Waals surface area contributed by atoms with Gasteiger partial charge in [0.25, 0.3) is 11.7 Å². The van der Waals surface area contributed by atoms with Crippen LogP contribution in [0.25, 0.3) is 0 Å². The van der Waals surface area contributed by atoms with Crippen LogP contribution in [-0.4, -0.2) is 24.9 Å². The number of Topliss-reactive ketones (excluding diaryl/α,β-unsaturated/α-hetero) is 1. The molecular weight excluding hydrogens is 228 g/mol. The normalized spacial score (nSPS) is 14.4. The van der Waals surface area contributed by atoms with Crippen LogP contribution in [0.1, 0.15) is 22.3 Å². The number of fused-ring (bicyclic) bond motifs is 1. The Morgan fingerprint density at radius 3 is 2.65 bits per heavy atom. The lowest BCUT2D eigenvalue weighted by molar-refractivity contribution is -0.114. The highest BCUT2D eigenvalue weighted by molar-refractivity contribution is 6.52. The lowest BCUT2D eigenvalue weighted by atomic mass is 10.1. The van der Waals surface area contributed by atoms with Crippen molar-refractivity contribution in [1.29, 1.82) is 0 Å². The molecule has 0 unspecified atom stereocenters. The van der Waals surface area contributed by atoms with Crippen LogP contribution in [0.5, 0.6) is 0 Å². The van der Waals surface area contributed by atoms with E-state index in [1.165, 1.54) is 12.1 Å². The summed E-state index contributed by atoms with van der Waals surface area (Å²) in [5, 5.41) is 0. The van der Waals surface area contributed by atoms with Gasteiger partial charge in [0.15, 0.2) is 0 Å². The van der Waals surface area contributed by atoms with E-state index in [0.717, 1.165) is 4.90 Å². The van der Waals surface area contributed by atoms with Gasteiger partial charge in [0.05, 0.1) is 17.9 Å². The fourth-order valence-electron chi connectivity index (χ4n) is 1.95. The Bertz CT molecular complexity index is 500. The van der Waals surface area contributed by atoms with Crippen molar-refractivity contribution >= 4 is 17.4 Å². The predicted octanol–water partition coefficient (Wildman–Crippen LogP) is 2.02. The van der Waals surface area contributed by atoms with E-state index in [1.54, 1.807) is 6.92 Å². The summed E-state index contributed by atoms with van der Waals surface area (Å²) in [5.74, 6) is -2.11. The molecule has 0 fully saturated rings. The second-order valence-electron chi connectivity index (χ2n) is 3.97. The number of hydrogen-bond donors (Lipinski definition) is 0. The van der Waals surface area contributed by atoms with E-state index >= 15 is 0 Å². The van der Waals surface area contributed by atoms with Crippen molar-refractivity contribution in [2.24, 2.45) is 0 Å². The number of rotatable bonds is 3. The first-order valence-electron chi connectivity index (χ1n) is 5.28. The van der Waals surface area contributed by atoms with Gasteiger partial charge in [-0.1, -0.05) is 0 Å². The van der Waals surface area contributed by atoms with Crippen LogP contribution >= 0.6 is 0 Å². The highest BCUT2D eigenvalue weighted by atomic mass is 19.1. The molecule has 1 amide bonds. The molecule has 1 aromatic carbocycles. The maximum Gasteiger partial charge on any atom is 0.299 e. The fourth-order valence-corrected chi connectivity index (χ4v) is 1.95. The van der Waals surface area contributed by atoms with E-state index in [0.29, 0.717) is 5.56 Å². The molecule has 0 N–H and O–H groups in total. The van der Waals surface area contributed by atoms with E-state index < -0.39 is 24.2 Å². The number of halogens is 2. The summed E-state index contributed by atoms with van der Waals surface area (Å²) in [7, 11) is 0. The van der Waals surface area contributed by atoms with Gasteiger partial charge < -0.3 is 4.90 Å². The Kier molecular flexibility index (Phi) is 2.92. The molecule has 1 aliphatic heterocycles. The minimum atomic E-state index is -0.780. The number of carbonyl (C=O) groups is 2. The largest absolute Gasteiger partial charge is 0.302 e. The van der Waals surface area contributed by atoms with Crippen molar-refractivity contribution in [3.8, 4) is 0 Å². The summed E-state index contributed by atoms with van der Waals surface area (Å²) >= 11 is 0. The molecule has 0 saturated heterocycles. The van der Waals surface area contributed by atoms with Crippen LogP contribution in [0.3, 0.4) is 0 Å². The molecule has 0 aromatic heterocycles. The number of benzene rings is 1. The lowest BCUT2D eigenvalue weighted by Crippen LogP contribution is -2.31. The van der Waals surface area contributed by atoms with Crippen LogP contribution in [0.4, 0.5) is 14.5 Å². The number of nitrogens with zero attached hydrogens (tertiary/aromatic N) is 1. The van der Waals surface area contributed by atoms with E-state index in [-0.39, 0.29) is 24.2 Å². The standard InChI is InChI=1S/C12H11F2NO2/c1-7-5-8-10(9(14)6-7)15(4-2-3-13)12(17)11(8)16/h5-6H,2-4H2,1H3. The van der Waals surface area contributed by atoms with Crippen molar-refractivity contribution in [1.82, 2.24) is 0 Å². The van der Waals surface area contributed by atoms with Gasteiger partial charge >= 0.3 is 0 Å². The Morgan fingerprint density at radius 2 is 2.00 bits per heavy atom. The molecule has 1 aliphatic rings. The third-order valence-electron chi connectivity index (χ3n) is 2.68. The number of alkyl halides is 1. The molecule has 0 bridgehead atoms. The van der Waals surface area contributed by atoms with Crippen LogP contribution in [0.2, 0.25) is 0 Å². The van der Waals surface area contributed by atoms with Gasteiger partial charge in [0, 0.05) is 6.54 Å². The first-order valence-corrected chi connectivity index (χ1v) is 5.28. The Labute approximate surface area is 97.0 Å². The molecule has 0 atom stereocenters. The minimum absolute atomic E-state index is 0.0148. The average Bonchev–Trinajstić information content (AvgIpc) is 2.51. The summed E-state index contributed by atoms with van der Waals surface area (Å²) in [6.07, 6.45) is 0.0891. The Morgan fingerprint density at radius 1 is 1.29 bits per heavy atom. The van der Waals surface area contributed by atoms with Crippen LogP contribution in [0, 0.1) is 12.7 Å². The summed E-state index contributed by atoms with van der Waals surface area (Å²) < 4.78 is 25.8. The summed E-state index contributed by atoms with van der Waals surface area (Å²) in [6.45, 7) is 1.06. The summed E-state index contributed by atoms with van der Waals surface area (Å²) in [5.41, 5.74) is 0.639. The number of carbonyl (C=O) groups excluding carboxylic acids is 2. The first kappa shape index (κ1) is 11.7. The van der Waals surface area contributed by atoms with Gasteiger partial charge in [-0.05, 0) is 31.0 Å². The van der Waals surface area contributed by atoms with Crippen molar-refractivity contribution in [2.45, 2.75) is 13.3 Å². The van der Waals surface area contributed by atoms with Crippen molar-refractivity contribution in [2.75, 3.05) is 18.1 Å².